The van der Waals surface area contributed by atoms with Gasteiger partial charge < -0.3 is 0 Å². The highest BCUT2D eigenvalue weighted by Crippen LogP contribution is 2.27. The van der Waals surface area contributed by atoms with E-state index in [2.05, 4.69) is 0 Å². The third-order valence-electron chi connectivity index (χ3n) is 6.14. The van der Waals surface area contributed by atoms with Gasteiger partial charge in [-0.3, -0.25) is 0 Å². The number of benzene rings is 3. The number of rotatable bonds is 11. The molecule has 0 aliphatic rings. The standard InChI is InChI=1S/C27H23F9/c28-16-9-22(31)19(23(32)10-16)6-2-1-4-15(8-21-26(35)13-18(30)14-27(21)36)5-3-7-20-24(33)11-17(29)12-25(20)34/h9-15H,1-8H2. The Balaban J connectivity index is 1.66. The molecule has 0 aliphatic carbocycles. The van der Waals surface area contributed by atoms with Crippen molar-refractivity contribution in [3.63, 3.8) is 0 Å². The summed E-state index contributed by atoms with van der Waals surface area (Å²) in [5.41, 5.74) is -0.918. The first-order valence-electron chi connectivity index (χ1n) is 11.5. The summed E-state index contributed by atoms with van der Waals surface area (Å²) in [5.74, 6) is -9.80. The first-order chi connectivity index (χ1) is 17.0. The predicted molar refractivity (Wildman–Crippen MR) is 117 cm³/mol. The van der Waals surface area contributed by atoms with Gasteiger partial charge in [-0.15, -0.1) is 0 Å². The van der Waals surface area contributed by atoms with Gasteiger partial charge in [0.05, 0.1) is 0 Å². The van der Waals surface area contributed by atoms with Crippen molar-refractivity contribution < 1.29 is 39.5 Å². The van der Waals surface area contributed by atoms with Crippen molar-refractivity contribution in [1.82, 2.24) is 0 Å². The number of hydrogen-bond donors (Lipinski definition) is 0. The van der Waals surface area contributed by atoms with Crippen LogP contribution < -0.4 is 0 Å². The fourth-order valence-corrected chi connectivity index (χ4v) is 4.33. The topological polar surface area (TPSA) is 0 Å². The Morgan fingerprint density at radius 3 is 1.17 bits per heavy atom. The fourth-order valence-electron chi connectivity index (χ4n) is 4.33. The van der Waals surface area contributed by atoms with E-state index in [0.29, 0.717) is 49.2 Å². The van der Waals surface area contributed by atoms with Gasteiger partial charge >= 0.3 is 0 Å². The molecule has 1 atom stereocenters. The zero-order valence-corrected chi connectivity index (χ0v) is 19.1. The summed E-state index contributed by atoms with van der Waals surface area (Å²) in [4.78, 5) is 0. The molecular formula is C27H23F9. The Morgan fingerprint density at radius 2 is 0.750 bits per heavy atom. The summed E-state index contributed by atoms with van der Waals surface area (Å²) < 4.78 is 123. The second kappa shape index (κ2) is 12.3. The second-order valence-corrected chi connectivity index (χ2v) is 8.75. The second-order valence-electron chi connectivity index (χ2n) is 8.75. The lowest BCUT2D eigenvalue weighted by Crippen LogP contribution is -2.10. The maximum absolute atomic E-state index is 14.2. The Hall–Kier alpha value is -2.97. The SMILES string of the molecule is Fc1cc(F)c(CCCCC(CCCc2c(F)cc(F)cc2F)Cc2c(F)cc(F)cc2F)c(F)c1. The van der Waals surface area contributed by atoms with Crippen LogP contribution in [0.1, 0.15) is 48.8 Å². The molecule has 0 aliphatic heterocycles. The lowest BCUT2D eigenvalue weighted by molar-refractivity contribution is 0.395. The molecule has 0 saturated carbocycles. The van der Waals surface area contributed by atoms with E-state index < -0.39 is 58.3 Å². The third-order valence-corrected chi connectivity index (χ3v) is 6.14. The van der Waals surface area contributed by atoms with E-state index in [-0.39, 0.29) is 55.2 Å². The molecule has 0 aromatic heterocycles. The first-order valence-corrected chi connectivity index (χ1v) is 11.5. The van der Waals surface area contributed by atoms with Crippen LogP contribution >= 0.6 is 0 Å². The Kier molecular flexibility index (Phi) is 9.45. The van der Waals surface area contributed by atoms with Crippen LogP contribution in [0.2, 0.25) is 0 Å². The minimum Gasteiger partial charge on any atom is -0.207 e. The van der Waals surface area contributed by atoms with Crippen molar-refractivity contribution in [2.45, 2.75) is 51.4 Å². The van der Waals surface area contributed by atoms with Crippen molar-refractivity contribution in [2.24, 2.45) is 5.92 Å². The van der Waals surface area contributed by atoms with Crippen LogP contribution in [-0.2, 0) is 19.3 Å². The predicted octanol–water partition coefficient (Wildman–Crippen LogP) is 8.53. The maximum Gasteiger partial charge on any atom is 0.132 e. The monoisotopic (exact) mass is 518 g/mol. The Bertz CT molecular complexity index is 1140. The van der Waals surface area contributed by atoms with Crippen LogP contribution in [0.5, 0.6) is 0 Å². The molecule has 0 radical (unpaired) electrons. The summed E-state index contributed by atoms with van der Waals surface area (Å²) in [5, 5.41) is 0. The number of hydrogen-bond acceptors (Lipinski definition) is 0. The summed E-state index contributed by atoms with van der Waals surface area (Å²) in [6.07, 6.45) is 1.23. The van der Waals surface area contributed by atoms with Gasteiger partial charge in [0.1, 0.15) is 52.4 Å². The summed E-state index contributed by atoms with van der Waals surface area (Å²) in [7, 11) is 0. The van der Waals surface area contributed by atoms with Gasteiger partial charge in [-0.05, 0) is 44.4 Å². The minimum atomic E-state index is -1.07. The van der Waals surface area contributed by atoms with Crippen molar-refractivity contribution >= 4 is 0 Å². The van der Waals surface area contributed by atoms with Crippen molar-refractivity contribution in [3.05, 3.63) is 105 Å². The molecule has 0 fully saturated rings. The van der Waals surface area contributed by atoms with Gasteiger partial charge in [-0.1, -0.05) is 12.8 Å². The Labute approximate surface area is 202 Å². The van der Waals surface area contributed by atoms with E-state index in [9.17, 15) is 39.5 Å². The van der Waals surface area contributed by atoms with Crippen molar-refractivity contribution in [2.75, 3.05) is 0 Å². The largest absolute Gasteiger partial charge is 0.207 e. The lowest BCUT2D eigenvalue weighted by atomic mass is 9.88. The van der Waals surface area contributed by atoms with E-state index in [1.807, 2.05) is 0 Å². The average Bonchev–Trinajstić information content (AvgIpc) is 2.76. The molecule has 3 rings (SSSR count). The Morgan fingerprint density at radius 1 is 0.417 bits per heavy atom. The van der Waals surface area contributed by atoms with Crippen LogP contribution in [0.15, 0.2) is 36.4 Å². The molecule has 0 heterocycles. The highest BCUT2D eigenvalue weighted by atomic mass is 19.2. The van der Waals surface area contributed by atoms with E-state index in [1.165, 1.54) is 0 Å². The van der Waals surface area contributed by atoms with Gasteiger partial charge in [-0.2, -0.15) is 0 Å². The number of unbranched alkanes of at least 4 members (excludes halogenated alkanes) is 1. The highest BCUT2D eigenvalue weighted by Gasteiger charge is 2.19. The van der Waals surface area contributed by atoms with E-state index in [1.54, 1.807) is 0 Å². The normalized spacial score (nSPS) is 12.2. The zero-order valence-electron chi connectivity index (χ0n) is 19.1. The zero-order chi connectivity index (χ0) is 26.4. The van der Waals surface area contributed by atoms with Gasteiger partial charge in [-0.25, -0.2) is 39.5 Å². The summed E-state index contributed by atoms with van der Waals surface area (Å²) in [6, 6.07) is 3.39. The molecular weight excluding hydrogens is 495 g/mol. The smallest absolute Gasteiger partial charge is 0.132 e. The van der Waals surface area contributed by atoms with Crippen molar-refractivity contribution in [3.8, 4) is 0 Å². The van der Waals surface area contributed by atoms with E-state index in [4.69, 9.17) is 0 Å². The molecule has 194 valence electrons. The molecule has 36 heavy (non-hydrogen) atoms. The van der Waals surface area contributed by atoms with Crippen LogP contribution in [-0.4, -0.2) is 0 Å². The molecule has 0 saturated heterocycles. The summed E-state index contributed by atoms with van der Waals surface area (Å²) in [6.45, 7) is 0. The van der Waals surface area contributed by atoms with Crippen LogP contribution in [0.25, 0.3) is 0 Å². The molecule has 9 heteroatoms. The molecule has 1 unspecified atom stereocenters. The van der Waals surface area contributed by atoms with Gasteiger partial charge in [0.25, 0.3) is 0 Å². The van der Waals surface area contributed by atoms with Gasteiger partial charge in [0.2, 0.25) is 0 Å². The molecule has 3 aromatic rings. The molecule has 0 spiro atoms. The van der Waals surface area contributed by atoms with Crippen molar-refractivity contribution in [1.29, 1.82) is 0 Å². The van der Waals surface area contributed by atoms with Crippen LogP contribution in [0.3, 0.4) is 0 Å². The maximum atomic E-state index is 14.2. The highest BCUT2D eigenvalue weighted by molar-refractivity contribution is 5.23. The van der Waals surface area contributed by atoms with Crippen LogP contribution in [0.4, 0.5) is 39.5 Å². The summed E-state index contributed by atoms with van der Waals surface area (Å²) >= 11 is 0. The molecule has 3 aromatic carbocycles. The fraction of sp³-hybridized carbons (Fsp3) is 0.333. The molecule has 0 N–H and O–H groups in total. The number of halogens is 9. The molecule has 0 bridgehead atoms. The molecule has 0 nitrogen and oxygen atoms in total. The average molecular weight is 518 g/mol. The lowest BCUT2D eigenvalue weighted by Gasteiger charge is -2.18. The van der Waals surface area contributed by atoms with E-state index in [0.717, 1.165) is 0 Å². The van der Waals surface area contributed by atoms with E-state index >= 15 is 0 Å². The molecule has 0 amide bonds. The quantitative estimate of drug-likeness (QED) is 0.176. The minimum absolute atomic E-state index is 0.0318. The third kappa shape index (κ3) is 7.27. The van der Waals surface area contributed by atoms with Gasteiger partial charge in [0, 0.05) is 53.1 Å². The first kappa shape index (κ1) is 27.6. The van der Waals surface area contributed by atoms with Crippen LogP contribution in [0, 0.1) is 58.3 Å². The van der Waals surface area contributed by atoms with Gasteiger partial charge in [0.15, 0.2) is 0 Å².